The fourth-order valence-electron chi connectivity index (χ4n) is 4.29. The molecule has 3 rings (SSSR count). The topological polar surface area (TPSA) is 65.0 Å². The van der Waals surface area contributed by atoms with Crippen molar-refractivity contribution in [1.82, 2.24) is 0 Å². The van der Waals surface area contributed by atoms with Crippen LogP contribution in [0.3, 0.4) is 0 Å². The van der Waals surface area contributed by atoms with Gasteiger partial charge in [0.1, 0.15) is 12.2 Å². The van der Waals surface area contributed by atoms with Crippen LogP contribution in [0.2, 0.25) is 0 Å². The molecular weight excluding hydrogens is 272 g/mol. The highest BCUT2D eigenvalue weighted by Gasteiger charge is 2.73. The number of rotatable bonds is 3. The zero-order chi connectivity index (χ0) is 15.7. The van der Waals surface area contributed by atoms with Crippen LogP contribution >= 0.6 is 0 Å². The zero-order valence-corrected chi connectivity index (χ0v) is 13.3. The molecule has 5 heteroatoms. The average molecular weight is 296 g/mol. The second-order valence-corrected chi connectivity index (χ2v) is 7.61. The van der Waals surface area contributed by atoms with Gasteiger partial charge in [-0.15, -0.1) is 0 Å². The number of carbonyl (C=O) groups is 1. The normalized spacial score (nSPS) is 43.1. The number of hydrogen-bond acceptors (Lipinski definition) is 5. The van der Waals surface area contributed by atoms with Crippen molar-refractivity contribution < 1.29 is 24.1 Å². The molecule has 3 fully saturated rings. The molecule has 0 aromatic heterocycles. The summed E-state index contributed by atoms with van der Waals surface area (Å²) >= 11 is 0. The molecule has 3 aliphatic rings. The van der Waals surface area contributed by atoms with E-state index in [-0.39, 0.29) is 30.1 Å². The van der Waals surface area contributed by atoms with Gasteiger partial charge in [0, 0.05) is 17.4 Å². The van der Waals surface area contributed by atoms with Crippen molar-refractivity contribution in [3.63, 3.8) is 0 Å². The monoisotopic (exact) mass is 296 g/mol. The molecule has 0 spiro atoms. The molecule has 0 saturated carbocycles. The number of aliphatic hydroxyl groups is 1. The van der Waals surface area contributed by atoms with Crippen molar-refractivity contribution >= 4 is 5.97 Å². The highest BCUT2D eigenvalue weighted by atomic mass is 16.6. The third kappa shape index (κ3) is 2.05. The van der Waals surface area contributed by atoms with Gasteiger partial charge in [-0.2, -0.15) is 0 Å². The van der Waals surface area contributed by atoms with E-state index in [1.54, 1.807) is 20.8 Å². The minimum Gasteiger partial charge on any atom is -0.453 e. The summed E-state index contributed by atoms with van der Waals surface area (Å²) in [4.78, 5) is 11.9. The molecule has 5 nitrogen and oxygen atoms in total. The Hall–Kier alpha value is -0.910. The first-order valence-electron chi connectivity index (χ1n) is 7.46. The van der Waals surface area contributed by atoms with E-state index in [2.05, 4.69) is 6.58 Å². The van der Waals surface area contributed by atoms with Crippen LogP contribution in [0.4, 0.5) is 0 Å². The van der Waals surface area contributed by atoms with E-state index in [1.807, 2.05) is 13.8 Å². The Morgan fingerprint density at radius 1 is 1.29 bits per heavy atom. The minimum atomic E-state index is -0.923. The van der Waals surface area contributed by atoms with Gasteiger partial charge < -0.3 is 19.3 Å². The molecule has 2 bridgehead atoms. The maximum absolute atomic E-state index is 11.9. The molecule has 3 aliphatic heterocycles. The van der Waals surface area contributed by atoms with Crippen LogP contribution < -0.4 is 0 Å². The van der Waals surface area contributed by atoms with Crippen LogP contribution in [0.15, 0.2) is 12.2 Å². The van der Waals surface area contributed by atoms with Crippen LogP contribution in [0.5, 0.6) is 0 Å². The summed E-state index contributed by atoms with van der Waals surface area (Å²) in [7, 11) is 0. The lowest BCUT2D eigenvalue weighted by atomic mass is 9.66. The predicted octanol–water partition coefficient (Wildman–Crippen LogP) is 1.44. The maximum Gasteiger partial charge on any atom is 0.333 e. The fourth-order valence-corrected chi connectivity index (χ4v) is 4.29. The molecule has 118 valence electrons. The smallest absolute Gasteiger partial charge is 0.333 e. The van der Waals surface area contributed by atoms with Crippen molar-refractivity contribution in [3.05, 3.63) is 12.2 Å². The lowest BCUT2D eigenvalue weighted by Gasteiger charge is -2.39. The van der Waals surface area contributed by atoms with Gasteiger partial charge in [-0.05, 0) is 34.6 Å². The standard InChI is InChI=1S/C16H24O5/c1-7(2)14(17)20-12-10-8(15(3,4)18)9-11(19-10)13(12)21-16(9,5)6/h8-13,18H,1H2,2-6H3. The SMILES string of the molecule is C=C(C)C(=O)OC1C2OC(C)(C)C3C2OC1C3C(C)(C)O. The molecule has 6 unspecified atom stereocenters. The number of fused-ring (bicyclic) bond motifs is 1. The van der Waals surface area contributed by atoms with Crippen LogP contribution in [-0.4, -0.2) is 46.7 Å². The van der Waals surface area contributed by atoms with Crippen molar-refractivity contribution in [2.24, 2.45) is 11.8 Å². The predicted molar refractivity (Wildman–Crippen MR) is 75.6 cm³/mol. The summed E-state index contributed by atoms with van der Waals surface area (Å²) < 4.78 is 17.7. The molecule has 0 aromatic carbocycles. The summed E-state index contributed by atoms with van der Waals surface area (Å²) in [6.45, 7) is 12.8. The van der Waals surface area contributed by atoms with E-state index in [0.717, 1.165) is 0 Å². The second kappa shape index (κ2) is 4.31. The Labute approximate surface area is 125 Å². The van der Waals surface area contributed by atoms with Crippen LogP contribution in [0, 0.1) is 11.8 Å². The van der Waals surface area contributed by atoms with E-state index < -0.39 is 23.3 Å². The molecule has 0 aromatic rings. The number of hydrogen-bond donors (Lipinski definition) is 1. The number of carbonyl (C=O) groups excluding carboxylic acids is 1. The molecule has 21 heavy (non-hydrogen) atoms. The molecule has 0 amide bonds. The van der Waals surface area contributed by atoms with Crippen molar-refractivity contribution in [3.8, 4) is 0 Å². The number of esters is 1. The Morgan fingerprint density at radius 2 is 1.90 bits per heavy atom. The lowest BCUT2D eigenvalue weighted by molar-refractivity contribution is -0.156. The average Bonchev–Trinajstić information content (AvgIpc) is 2.89. The Balaban J connectivity index is 1.93. The second-order valence-electron chi connectivity index (χ2n) is 7.61. The third-order valence-electron chi connectivity index (χ3n) is 5.03. The van der Waals surface area contributed by atoms with E-state index in [1.165, 1.54) is 0 Å². The maximum atomic E-state index is 11.9. The van der Waals surface area contributed by atoms with E-state index >= 15 is 0 Å². The van der Waals surface area contributed by atoms with Crippen molar-refractivity contribution in [2.75, 3.05) is 0 Å². The molecule has 1 N–H and O–H groups in total. The van der Waals surface area contributed by atoms with Gasteiger partial charge in [0.05, 0.1) is 17.3 Å². The molecule has 6 atom stereocenters. The number of ether oxygens (including phenoxy) is 3. The molecule has 0 radical (unpaired) electrons. The third-order valence-corrected chi connectivity index (χ3v) is 5.03. The van der Waals surface area contributed by atoms with Crippen LogP contribution in [-0.2, 0) is 19.0 Å². The van der Waals surface area contributed by atoms with Crippen LogP contribution in [0.25, 0.3) is 0 Å². The quantitative estimate of drug-likeness (QED) is 0.630. The zero-order valence-electron chi connectivity index (χ0n) is 13.3. The first-order chi connectivity index (χ1) is 9.54. The van der Waals surface area contributed by atoms with Gasteiger partial charge in [0.2, 0.25) is 0 Å². The first kappa shape index (κ1) is 15.0. The van der Waals surface area contributed by atoms with E-state index in [9.17, 15) is 9.90 Å². The molecular formula is C16H24O5. The van der Waals surface area contributed by atoms with Gasteiger partial charge in [0.15, 0.2) is 6.10 Å². The summed E-state index contributed by atoms with van der Waals surface area (Å²) in [5.41, 5.74) is -0.973. The van der Waals surface area contributed by atoms with Crippen LogP contribution in [0.1, 0.15) is 34.6 Å². The van der Waals surface area contributed by atoms with E-state index in [0.29, 0.717) is 5.57 Å². The fraction of sp³-hybridized carbons (Fsp3) is 0.812. The summed E-state index contributed by atoms with van der Waals surface area (Å²) in [6, 6.07) is 0. The summed E-state index contributed by atoms with van der Waals surface area (Å²) in [5.74, 6) is -0.457. The Bertz CT molecular complexity index is 489. The van der Waals surface area contributed by atoms with Gasteiger partial charge in [-0.25, -0.2) is 4.79 Å². The van der Waals surface area contributed by atoms with Crippen molar-refractivity contribution in [2.45, 2.75) is 70.2 Å². The summed E-state index contributed by atoms with van der Waals surface area (Å²) in [6.07, 6.45) is -1.18. The van der Waals surface area contributed by atoms with E-state index in [4.69, 9.17) is 14.2 Å². The lowest BCUT2D eigenvalue weighted by Crippen LogP contribution is -2.53. The Kier molecular flexibility index (Phi) is 3.08. The largest absolute Gasteiger partial charge is 0.453 e. The van der Waals surface area contributed by atoms with Gasteiger partial charge in [-0.1, -0.05) is 6.58 Å². The summed E-state index contributed by atoms with van der Waals surface area (Å²) in [5, 5.41) is 10.6. The first-order valence-corrected chi connectivity index (χ1v) is 7.46. The molecule has 3 saturated heterocycles. The highest BCUT2D eigenvalue weighted by molar-refractivity contribution is 5.87. The van der Waals surface area contributed by atoms with Gasteiger partial charge >= 0.3 is 5.97 Å². The van der Waals surface area contributed by atoms with Gasteiger partial charge in [-0.3, -0.25) is 0 Å². The molecule has 0 aliphatic carbocycles. The highest BCUT2D eigenvalue weighted by Crippen LogP contribution is 2.59. The molecule has 3 heterocycles. The van der Waals surface area contributed by atoms with Gasteiger partial charge in [0.25, 0.3) is 0 Å². The van der Waals surface area contributed by atoms with Crippen molar-refractivity contribution in [1.29, 1.82) is 0 Å². The Morgan fingerprint density at radius 3 is 2.43 bits per heavy atom. The minimum absolute atomic E-state index is 0.104.